The quantitative estimate of drug-likeness (QED) is 0.0699. The van der Waals surface area contributed by atoms with Gasteiger partial charge in [0.25, 0.3) is 0 Å². The van der Waals surface area contributed by atoms with Crippen molar-refractivity contribution < 1.29 is 43.2 Å². The molecule has 1 fully saturated rings. The molecule has 0 amide bonds. The number of hydroxylamine groups is 2. The molecule has 10 rings (SSSR count). The fourth-order valence-corrected chi connectivity index (χ4v) is 11.0. The largest absolute Gasteiger partial charge is 0.493 e. The molecule has 0 aromatic heterocycles. The maximum absolute atomic E-state index is 14.6. The monoisotopic (exact) mass is 979 g/mol. The maximum Gasteiger partial charge on any atom is 0.338 e. The van der Waals surface area contributed by atoms with Crippen LogP contribution in [0.25, 0.3) is 32.3 Å². The minimum atomic E-state index is -1.01. The highest BCUT2D eigenvalue weighted by molar-refractivity contribution is 6.23. The Bertz CT molecular complexity index is 3180. The molecule has 1 saturated heterocycles. The van der Waals surface area contributed by atoms with Gasteiger partial charge in [-0.2, -0.15) is 5.06 Å². The van der Waals surface area contributed by atoms with Gasteiger partial charge in [0.1, 0.15) is 35.7 Å². The van der Waals surface area contributed by atoms with Gasteiger partial charge in [0.05, 0.1) is 43.6 Å². The van der Waals surface area contributed by atoms with Crippen molar-refractivity contribution in [2.45, 2.75) is 97.6 Å². The van der Waals surface area contributed by atoms with Crippen LogP contribution < -0.4 is 18.9 Å². The van der Waals surface area contributed by atoms with Crippen LogP contribution in [0.3, 0.4) is 0 Å². The van der Waals surface area contributed by atoms with Gasteiger partial charge >= 0.3 is 11.9 Å². The van der Waals surface area contributed by atoms with E-state index in [4.69, 9.17) is 28.5 Å². The summed E-state index contributed by atoms with van der Waals surface area (Å²) in [6.07, 6.45) is 4.93. The van der Waals surface area contributed by atoms with E-state index in [2.05, 4.69) is 94.4 Å². The Morgan fingerprint density at radius 1 is 0.534 bits per heavy atom. The topological polar surface area (TPSA) is 113 Å². The summed E-state index contributed by atoms with van der Waals surface area (Å²) in [6, 6.07) is 39.2. The van der Waals surface area contributed by atoms with Crippen LogP contribution in [0.2, 0.25) is 0 Å². The Morgan fingerprint density at radius 2 is 0.945 bits per heavy atom. The van der Waals surface area contributed by atoms with Crippen molar-refractivity contribution >= 4 is 44.3 Å². The van der Waals surface area contributed by atoms with E-state index in [-0.39, 0.29) is 24.3 Å². The third-order valence-corrected chi connectivity index (χ3v) is 14.2. The molecule has 1 heterocycles. The molecule has 10 heteroatoms. The zero-order chi connectivity index (χ0) is 50.6. The van der Waals surface area contributed by atoms with Gasteiger partial charge in [-0.15, -0.1) is 0 Å². The van der Waals surface area contributed by atoms with Gasteiger partial charge in [0.15, 0.2) is 0 Å². The molecule has 73 heavy (non-hydrogen) atoms. The number of aromatic carboxylic acids is 1. The molecule has 0 radical (unpaired) electrons. The Balaban J connectivity index is 1.04. The molecule has 10 nitrogen and oxygen atoms in total. The van der Waals surface area contributed by atoms with E-state index in [1.54, 1.807) is 12.1 Å². The Labute approximate surface area is 428 Å². The highest BCUT2D eigenvalue weighted by Gasteiger charge is 2.35. The predicted octanol–water partition coefficient (Wildman–Crippen LogP) is 13.6. The van der Waals surface area contributed by atoms with E-state index in [9.17, 15) is 14.7 Å². The fourth-order valence-electron chi connectivity index (χ4n) is 11.0. The zero-order valence-electron chi connectivity index (χ0n) is 42.7. The van der Waals surface area contributed by atoms with Gasteiger partial charge in [-0.25, -0.2) is 9.59 Å². The van der Waals surface area contributed by atoms with Crippen molar-refractivity contribution in [2.75, 3.05) is 40.1 Å². The van der Waals surface area contributed by atoms with Gasteiger partial charge in [-0.1, -0.05) is 119 Å². The number of carboxylic acid groups (broad SMARTS) is 1. The third-order valence-electron chi connectivity index (χ3n) is 14.2. The van der Waals surface area contributed by atoms with Crippen molar-refractivity contribution in [1.29, 1.82) is 0 Å². The van der Waals surface area contributed by atoms with Gasteiger partial charge < -0.3 is 28.8 Å². The van der Waals surface area contributed by atoms with Crippen LogP contribution in [-0.4, -0.2) is 68.3 Å². The van der Waals surface area contributed by atoms with Crippen LogP contribution in [0, 0.1) is 0 Å². The summed E-state index contributed by atoms with van der Waals surface area (Å²) in [6.45, 7) is 10.3. The molecule has 8 aromatic carbocycles. The molecular formula is C63H65NO9. The molecule has 8 aromatic rings. The molecule has 0 unspecified atom stereocenters. The minimum Gasteiger partial charge on any atom is -0.493 e. The molecule has 1 N–H and O–H groups in total. The molecule has 0 saturated carbocycles. The Kier molecular flexibility index (Phi) is 14.8. The van der Waals surface area contributed by atoms with Gasteiger partial charge in [0.2, 0.25) is 0 Å². The highest BCUT2D eigenvalue weighted by atomic mass is 16.7. The van der Waals surface area contributed by atoms with Crippen molar-refractivity contribution in [3.05, 3.63) is 176 Å². The lowest BCUT2D eigenvalue weighted by atomic mass is 9.89. The number of carbonyl (C=O) groups is 2. The van der Waals surface area contributed by atoms with E-state index in [1.165, 1.54) is 37.9 Å². The highest BCUT2D eigenvalue weighted by Crippen LogP contribution is 2.43. The molecule has 1 aliphatic carbocycles. The first-order chi connectivity index (χ1) is 35.7. The molecule has 2 atom stereocenters. The molecule has 0 spiro atoms. The summed E-state index contributed by atoms with van der Waals surface area (Å²) in [5.74, 6) is 1.38. The summed E-state index contributed by atoms with van der Waals surface area (Å²) < 4.78 is 32.9. The SMILES string of the molecule is CCCOc1c2cccc1Cc1cc(C(=O)OC[C@H]3C[C@@H](c4ccc5ccc6cccc7ccc4c5c67)N(C)O3)cc(c1OCCC)Cc1cccc(c1OCCC)Cc1cc(C(=O)O)cc(c1OCCC)C2. The number of esters is 1. The van der Waals surface area contributed by atoms with E-state index < -0.39 is 11.9 Å². The number of fused-ring (bicyclic) bond motifs is 8. The van der Waals surface area contributed by atoms with E-state index in [0.29, 0.717) is 75.6 Å². The van der Waals surface area contributed by atoms with Crippen LogP contribution in [0.1, 0.15) is 137 Å². The normalized spacial score (nSPS) is 15.7. The van der Waals surface area contributed by atoms with E-state index in [0.717, 1.165) is 81.7 Å². The van der Waals surface area contributed by atoms with Crippen LogP contribution >= 0.6 is 0 Å². The Morgan fingerprint density at radius 3 is 1.41 bits per heavy atom. The average Bonchev–Trinajstić information content (AvgIpc) is 3.77. The lowest BCUT2D eigenvalue weighted by molar-refractivity contribution is -0.153. The van der Waals surface area contributed by atoms with E-state index >= 15 is 0 Å². The summed E-state index contributed by atoms with van der Waals surface area (Å²) in [4.78, 5) is 33.9. The van der Waals surface area contributed by atoms with Gasteiger partial charge in [0, 0.05) is 39.2 Å². The number of carboxylic acids is 1. The first kappa shape index (κ1) is 49.4. The van der Waals surface area contributed by atoms with E-state index in [1.807, 2.05) is 48.5 Å². The van der Waals surface area contributed by atoms with Crippen LogP contribution in [0.15, 0.2) is 115 Å². The predicted molar refractivity (Wildman–Crippen MR) is 288 cm³/mol. The smallest absolute Gasteiger partial charge is 0.338 e. The molecule has 2 aliphatic rings. The number of rotatable bonds is 17. The Hall–Kier alpha value is -7.14. The van der Waals surface area contributed by atoms with Crippen LogP contribution in [0.5, 0.6) is 23.0 Å². The lowest BCUT2D eigenvalue weighted by Crippen LogP contribution is -2.21. The second-order valence-electron chi connectivity index (χ2n) is 19.6. The van der Waals surface area contributed by atoms with Gasteiger partial charge in [-0.3, -0.25) is 4.84 Å². The molecule has 376 valence electrons. The fraction of sp³-hybridized carbons (Fsp3) is 0.333. The number of hydrogen-bond acceptors (Lipinski definition) is 9. The second-order valence-corrected chi connectivity index (χ2v) is 19.6. The van der Waals surface area contributed by atoms with Crippen LogP contribution in [0.4, 0.5) is 0 Å². The van der Waals surface area contributed by atoms with Crippen molar-refractivity contribution in [3.63, 3.8) is 0 Å². The third kappa shape index (κ3) is 10.2. The number of nitrogens with zero attached hydrogens (tertiary/aromatic N) is 1. The molecular weight excluding hydrogens is 915 g/mol. The van der Waals surface area contributed by atoms with Crippen molar-refractivity contribution in [3.8, 4) is 23.0 Å². The number of benzene rings is 8. The van der Waals surface area contributed by atoms with Gasteiger partial charge in [-0.05, 0) is 132 Å². The maximum atomic E-state index is 14.6. The first-order valence-electron chi connectivity index (χ1n) is 26.2. The second kappa shape index (κ2) is 21.9. The standard InChI is InChI=1S/C63H65NO9/c1-6-25-68-58-42-15-11-17-44(58)31-48-35-51(63(67)72-38-52-37-55(64(5)73-52)53-23-21-41-20-19-39-13-10-14-40-22-24-54(53)57(41)56(39)40)36-49(61(48)71-28-9-4)32-45-18-12-16-43(59(45)69-26-7-2)30-47-34-50(62(65)66)33-46(29-42)60(47)70-27-8-3/h10-24,33-36,52,55H,6-9,25-32,37-38H2,1-5H3,(H,65,66)/t52-,55+/m1/s1. The minimum absolute atomic E-state index is 0.0422. The number of carbonyl (C=O) groups excluding carboxylic acids is 1. The average molecular weight is 980 g/mol. The number of ether oxygens (including phenoxy) is 5. The molecule has 8 bridgehead atoms. The lowest BCUT2D eigenvalue weighted by Gasteiger charge is -2.23. The summed E-state index contributed by atoms with van der Waals surface area (Å²) in [5, 5.41) is 19.8. The van der Waals surface area contributed by atoms with Crippen molar-refractivity contribution in [1.82, 2.24) is 5.06 Å². The number of hydrogen-bond donors (Lipinski definition) is 1. The number of para-hydroxylation sites is 2. The van der Waals surface area contributed by atoms with Crippen molar-refractivity contribution in [2.24, 2.45) is 0 Å². The zero-order valence-corrected chi connectivity index (χ0v) is 42.7. The summed E-state index contributed by atoms with van der Waals surface area (Å²) >= 11 is 0. The molecule has 1 aliphatic heterocycles. The van der Waals surface area contributed by atoms with Crippen LogP contribution in [-0.2, 0) is 35.3 Å². The first-order valence-corrected chi connectivity index (χ1v) is 26.2. The summed E-state index contributed by atoms with van der Waals surface area (Å²) in [5.41, 5.74) is 8.59. The summed E-state index contributed by atoms with van der Waals surface area (Å²) in [7, 11) is 1.96.